The maximum atomic E-state index is 13.8. The van der Waals surface area contributed by atoms with E-state index >= 15 is 0 Å². The van der Waals surface area contributed by atoms with E-state index in [-0.39, 0.29) is 93.1 Å². The molecule has 0 amide bonds. The summed E-state index contributed by atoms with van der Waals surface area (Å²) in [5, 5.41) is 46.0. The number of aryl methyl sites for hydroxylation is 1. The number of hydrogen-bond donors (Lipinski definition) is 7. The van der Waals surface area contributed by atoms with Crippen molar-refractivity contribution in [2.45, 2.75) is 47.3 Å². The third kappa shape index (κ3) is 7.38. The Morgan fingerprint density at radius 2 is 0.824 bits per heavy atom. The number of hydrogen-bond acceptors (Lipinski definition) is 9. The summed E-state index contributed by atoms with van der Waals surface area (Å²) in [6.45, 7) is 1.72. The minimum absolute atomic E-state index is 0.0106. The SMILES string of the molecule is C=S(=O)(Nc1cc2c(O)c(c1)Cc1cc(S(=O)(=O)O)cc(c1O)Cc1cc(C)cc(c1O)Cc1cc(S(=O)(=O)O)cc(c1O)C2)c1ccccc1. The molecule has 1 unspecified atom stereocenters. The Labute approximate surface area is 295 Å². The molecule has 0 fully saturated rings. The number of phenols is 4. The molecule has 0 aliphatic heterocycles. The highest BCUT2D eigenvalue weighted by molar-refractivity contribution is 8.01. The Balaban J connectivity index is 1.65. The first-order chi connectivity index (χ1) is 23.8. The van der Waals surface area contributed by atoms with Crippen LogP contribution >= 0.6 is 0 Å². The van der Waals surface area contributed by atoms with E-state index < -0.39 is 45.5 Å². The maximum Gasteiger partial charge on any atom is 0.294 e. The van der Waals surface area contributed by atoms with Gasteiger partial charge in [0.2, 0.25) is 0 Å². The number of phenolic OH excluding ortho intramolecular Hbond substituents is 4. The highest BCUT2D eigenvalue weighted by Gasteiger charge is 2.25. The van der Waals surface area contributed by atoms with Gasteiger partial charge in [-0.15, -0.1) is 0 Å². The van der Waals surface area contributed by atoms with Gasteiger partial charge in [-0.05, 0) is 72.5 Å². The zero-order valence-corrected chi connectivity index (χ0v) is 29.4. The van der Waals surface area contributed by atoms with Crippen LogP contribution in [0.15, 0.2) is 93.5 Å². The fraction of sp³-hybridized carbons (Fsp3) is 0.139. The van der Waals surface area contributed by atoms with Crippen LogP contribution in [0.2, 0.25) is 0 Å². The zero-order valence-electron chi connectivity index (χ0n) is 27.0. The predicted octanol–water partition coefficient (Wildman–Crippen LogP) is 5.09. The van der Waals surface area contributed by atoms with Gasteiger partial charge in [-0.25, -0.2) is 4.21 Å². The first-order valence-corrected chi connectivity index (χ1v) is 19.9. The lowest BCUT2D eigenvalue weighted by Gasteiger charge is -2.20. The van der Waals surface area contributed by atoms with Crippen molar-refractivity contribution in [3.8, 4) is 23.0 Å². The number of rotatable bonds is 5. The van der Waals surface area contributed by atoms with E-state index in [4.69, 9.17) is 0 Å². The summed E-state index contributed by atoms with van der Waals surface area (Å²) >= 11 is 0. The van der Waals surface area contributed by atoms with Crippen molar-refractivity contribution >= 4 is 41.5 Å². The molecular formula is C36H33NO11S3. The summed E-state index contributed by atoms with van der Waals surface area (Å²) in [6, 6.07) is 18.5. The molecule has 0 aromatic heterocycles. The molecule has 51 heavy (non-hydrogen) atoms. The highest BCUT2D eigenvalue weighted by Crippen LogP contribution is 2.40. The van der Waals surface area contributed by atoms with Crippen LogP contribution in [-0.4, -0.2) is 56.4 Å². The molecule has 1 aliphatic rings. The van der Waals surface area contributed by atoms with Gasteiger partial charge in [-0.2, -0.15) is 16.8 Å². The van der Waals surface area contributed by atoms with Crippen LogP contribution in [0.1, 0.15) is 50.1 Å². The summed E-state index contributed by atoms with van der Waals surface area (Å²) in [4.78, 5) is -0.742. The van der Waals surface area contributed by atoms with Crippen LogP contribution in [0.3, 0.4) is 0 Å². The smallest absolute Gasteiger partial charge is 0.294 e. The fourth-order valence-corrected chi connectivity index (χ4v) is 8.67. The molecule has 0 saturated heterocycles. The van der Waals surface area contributed by atoms with Crippen molar-refractivity contribution < 1.29 is 50.6 Å². The molecule has 15 heteroatoms. The van der Waals surface area contributed by atoms with Crippen molar-refractivity contribution in [2.75, 3.05) is 4.72 Å². The molecule has 12 nitrogen and oxygen atoms in total. The van der Waals surface area contributed by atoms with Gasteiger partial charge in [-0.3, -0.25) is 9.11 Å². The molecule has 7 N–H and O–H groups in total. The lowest BCUT2D eigenvalue weighted by Crippen LogP contribution is -2.13. The molecule has 5 aromatic carbocycles. The van der Waals surface area contributed by atoms with E-state index in [1.165, 1.54) is 12.1 Å². The van der Waals surface area contributed by atoms with Crippen molar-refractivity contribution in [2.24, 2.45) is 0 Å². The Morgan fingerprint density at radius 3 is 1.16 bits per heavy atom. The predicted molar refractivity (Wildman–Crippen MR) is 192 cm³/mol. The lowest BCUT2D eigenvalue weighted by atomic mass is 9.90. The van der Waals surface area contributed by atoms with Crippen molar-refractivity contribution in [3.63, 3.8) is 0 Å². The van der Waals surface area contributed by atoms with E-state index in [0.29, 0.717) is 10.5 Å². The minimum Gasteiger partial charge on any atom is -0.507 e. The average molecular weight is 752 g/mol. The monoisotopic (exact) mass is 751 g/mol. The molecule has 0 saturated carbocycles. The van der Waals surface area contributed by atoms with E-state index in [1.54, 1.807) is 49.4 Å². The molecule has 8 bridgehead atoms. The Morgan fingerprint density at radius 1 is 0.510 bits per heavy atom. The van der Waals surface area contributed by atoms with Gasteiger partial charge in [0.25, 0.3) is 20.2 Å². The van der Waals surface area contributed by atoms with Crippen LogP contribution in [-0.2, 0) is 55.6 Å². The van der Waals surface area contributed by atoms with Gasteiger partial charge in [0.1, 0.15) is 23.0 Å². The third-order valence-electron chi connectivity index (χ3n) is 8.69. The molecule has 0 spiro atoms. The van der Waals surface area contributed by atoms with E-state index in [0.717, 1.165) is 24.3 Å². The van der Waals surface area contributed by atoms with Crippen LogP contribution in [0.5, 0.6) is 23.0 Å². The Bertz CT molecular complexity index is 2430. The summed E-state index contributed by atoms with van der Waals surface area (Å²) in [6.07, 6.45) is -1.14. The van der Waals surface area contributed by atoms with Crippen molar-refractivity contribution in [3.05, 3.63) is 129 Å². The molecule has 266 valence electrons. The van der Waals surface area contributed by atoms with Crippen molar-refractivity contribution in [1.82, 2.24) is 0 Å². The highest BCUT2D eigenvalue weighted by atomic mass is 32.2. The number of anilines is 1. The van der Waals surface area contributed by atoms with Gasteiger partial charge in [-0.1, -0.05) is 35.9 Å². The summed E-state index contributed by atoms with van der Waals surface area (Å²) in [5.74, 6) is 2.42. The normalized spacial score (nSPS) is 14.4. The minimum atomic E-state index is -4.81. The Hall–Kier alpha value is -5.06. The first kappa shape index (κ1) is 35.8. The first-order valence-electron chi connectivity index (χ1n) is 15.3. The number of nitrogens with one attached hydrogen (secondary N) is 1. The lowest BCUT2D eigenvalue weighted by molar-refractivity contribution is 0.449. The van der Waals surface area contributed by atoms with E-state index in [9.17, 15) is 50.6 Å². The van der Waals surface area contributed by atoms with Crippen molar-refractivity contribution in [1.29, 1.82) is 0 Å². The van der Waals surface area contributed by atoms with Crippen LogP contribution < -0.4 is 4.72 Å². The summed E-state index contributed by atoms with van der Waals surface area (Å²) in [7, 11) is -12.8. The fourth-order valence-electron chi connectivity index (χ4n) is 6.30. The number of benzene rings is 5. The summed E-state index contributed by atoms with van der Waals surface area (Å²) in [5.41, 5.74) is 1.37. The number of aromatic hydroxyl groups is 4. The quantitative estimate of drug-likeness (QED) is 0.0699. The maximum absolute atomic E-state index is 13.8. The molecule has 0 heterocycles. The van der Waals surface area contributed by atoms with Gasteiger partial charge in [0.05, 0.1) is 19.5 Å². The van der Waals surface area contributed by atoms with Gasteiger partial charge in [0, 0.05) is 69.6 Å². The van der Waals surface area contributed by atoms with E-state index in [2.05, 4.69) is 10.6 Å². The largest absolute Gasteiger partial charge is 0.507 e. The molecule has 1 aliphatic carbocycles. The second kappa shape index (κ2) is 12.9. The third-order valence-corrected chi connectivity index (χ3v) is 12.0. The van der Waals surface area contributed by atoms with E-state index in [1.807, 2.05) is 0 Å². The molecule has 5 aromatic rings. The van der Waals surface area contributed by atoms with Crippen LogP contribution in [0.25, 0.3) is 0 Å². The zero-order chi connectivity index (χ0) is 37.0. The van der Waals surface area contributed by atoms with Gasteiger partial charge >= 0.3 is 0 Å². The second-order valence-corrected chi connectivity index (χ2v) is 17.4. The molecule has 1 atom stereocenters. The number of fused-ring (bicyclic) bond motifs is 8. The van der Waals surface area contributed by atoms with Gasteiger partial charge in [0.15, 0.2) is 0 Å². The molecule has 0 radical (unpaired) electrons. The Kier molecular flexibility index (Phi) is 9.06. The molecule has 6 rings (SSSR count). The summed E-state index contributed by atoms with van der Waals surface area (Å²) < 4.78 is 86.3. The standard InChI is InChI=1S/C36H33NO11S3/c1-20-8-21-10-25-16-31(50(43,44)45)18-27(35(25)40)12-23-14-29(37-49(2,42)30-6-4-3-5-7-30)15-24(34(23)39)13-28-19-32(51(46,47)48)17-26(36(28)41)11-22(9-20)33(21)38/h3-9,14-19,38-41H,2,10-13H2,1H3,(H,37,42)(H,43,44,45)(H,46,47,48). The topological polar surface area (TPSA) is 219 Å². The average Bonchev–Trinajstić information content (AvgIpc) is 3.03. The van der Waals surface area contributed by atoms with Crippen LogP contribution in [0, 0.1) is 6.92 Å². The van der Waals surface area contributed by atoms with Gasteiger partial charge < -0.3 is 25.1 Å². The molecular weight excluding hydrogens is 719 g/mol. The van der Waals surface area contributed by atoms with Crippen LogP contribution in [0.4, 0.5) is 5.69 Å². The second-order valence-electron chi connectivity index (χ2n) is 12.5.